The molecule has 90 valence electrons. The topological polar surface area (TPSA) is 48.2 Å². The lowest BCUT2D eigenvalue weighted by Crippen LogP contribution is -2.32. The summed E-state index contributed by atoms with van der Waals surface area (Å²) in [6.07, 6.45) is 1.14. The van der Waals surface area contributed by atoms with Crippen LogP contribution >= 0.6 is 0 Å². The van der Waals surface area contributed by atoms with Crippen LogP contribution in [0.5, 0.6) is 0 Å². The molecule has 1 aliphatic heterocycles. The molecule has 5 heteroatoms. The Morgan fingerprint density at radius 2 is 1.94 bits per heavy atom. The number of benzene rings is 1. The summed E-state index contributed by atoms with van der Waals surface area (Å²) < 4.78 is 12.8. The molecule has 1 aliphatic rings. The summed E-state index contributed by atoms with van der Waals surface area (Å²) in [4.78, 5) is 0. The Hall–Kier alpha value is -1.75. The van der Waals surface area contributed by atoms with Crippen LogP contribution in [0.3, 0.4) is 0 Å². The Balaban J connectivity index is 2.23. The highest BCUT2D eigenvalue weighted by atomic mass is 19.1. The van der Waals surface area contributed by atoms with E-state index in [2.05, 4.69) is 10.2 Å². The molecule has 2 rings (SSSR count). The molecule has 1 unspecified atom stereocenters. The van der Waals surface area contributed by atoms with Crippen molar-refractivity contribution in [2.45, 2.75) is 20.0 Å². The van der Waals surface area contributed by atoms with Gasteiger partial charge >= 0.3 is 0 Å². The maximum absolute atomic E-state index is 12.8. The molecule has 1 heterocycles. The number of hydrogen-bond acceptors (Lipinski definition) is 4. The van der Waals surface area contributed by atoms with Gasteiger partial charge in [-0.1, -0.05) is 13.8 Å². The molecule has 1 aromatic carbocycles. The van der Waals surface area contributed by atoms with Crippen molar-refractivity contribution < 1.29 is 9.60 Å². The van der Waals surface area contributed by atoms with Crippen molar-refractivity contribution >= 4 is 5.70 Å². The van der Waals surface area contributed by atoms with Gasteiger partial charge in [0, 0.05) is 5.56 Å². The normalized spacial score (nSPS) is 19.7. The standard InChI is InChI=1S/C12H14FN3O/c1-8(2)12-15-14-11(7-16(12)17)9-3-5-10(13)6-4-9/h3-8,12,17H,1-2H3. The van der Waals surface area contributed by atoms with Crippen LogP contribution in [-0.4, -0.2) is 16.4 Å². The lowest BCUT2D eigenvalue weighted by molar-refractivity contribution is -0.0936. The molecule has 0 aliphatic carbocycles. The van der Waals surface area contributed by atoms with Crippen molar-refractivity contribution in [3.8, 4) is 0 Å². The van der Waals surface area contributed by atoms with Crippen molar-refractivity contribution in [3.05, 3.63) is 41.8 Å². The van der Waals surface area contributed by atoms with Crippen molar-refractivity contribution in [1.82, 2.24) is 5.06 Å². The van der Waals surface area contributed by atoms with Gasteiger partial charge in [-0.3, -0.25) is 5.21 Å². The zero-order chi connectivity index (χ0) is 12.4. The second-order valence-corrected chi connectivity index (χ2v) is 4.27. The molecule has 0 radical (unpaired) electrons. The van der Waals surface area contributed by atoms with Crippen LogP contribution in [0.4, 0.5) is 4.39 Å². The first-order chi connectivity index (χ1) is 8.08. The Kier molecular flexibility index (Phi) is 3.19. The van der Waals surface area contributed by atoms with Gasteiger partial charge in [0.25, 0.3) is 0 Å². The van der Waals surface area contributed by atoms with Gasteiger partial charge in [-0.25, -0.2) is 9.45 Å². The predicted octanol–water partition coefficient (Wildman–Crippen LogP) is 3.26. The molecule has 4 nitrogen and oxygen atoms in total. The summed E-state index contributed by atoms with van der Waals surface area (Å²) in [5.41, 5.74) is 1.24. The first kappa shape index (κ1) is 11.7. The Bertz CT molecular complexity index is 453. The summed E-state index contributed by atoms with van der Waals surface area (Å²) in [6.45, 7) is 3.90. The van der Waals surface area contributed by atoms with E-state index in [-0.39, 0.29) is 17.9 Å². The van der Waals surface area contributed by atoms with Crippen LogP contribution in [0.2, 0.25) is 0 Å². The smallest absolute Gasteiger partial charge is 0.168 e. The number of rotatable bonds is 2. The quantitative estimate of drug-likeness (QED) is 0.855. The fraction of sp³-hybridized carbons (Fsp3) is 0.333. The van der Waals surface area contributed by atoms with Crippen LogP contribution < -0.4 is 0 Å². The molecule has 0 amide bonds. The molecule has 0 spiro atoms. The van der Waals surface area contributed by atoms with Crippen LogP contribution in [0.25, 0.3) is 5.70 Å². The zero-order valence-corrected chi connectivity index (χ0v) is 9.71. The van der Waals surface area contributed by atoms with Crippen molar-refractivity contribution in [2.24, 2.45) is 16.1 Å². The molecular weight excluding hydrogens is 221 g/mol. The van der Waals surface area contributed by atoms with Gasteiger partial charge in [0.05, 0.1) is 6.20 Å². The molecule has 0 saturated heterocycles. The van der Waals surface area contributed by atoms with Crippen molar-refractivity contribution in [3.63, 3.8) is 0 Å². The van der Waals surface area contributed by atoms with Gasteiger partial charge in [-0.2, -0.15) is 10.2 Å². The Labute approximate surface area is 99.0 Å². The summed E-state index contributed by atoms with van der Waals surface area (Å²) in [6, 6.07) is 5.90. The van der Waals surface area contributed by atoms with E-state index in [0.29, 0.717) is 5.70 Å². The monoisotopic (exact) mass is 235 g/mol. The second-order valence-electron chi connectivity index (χ2n) is 4.27. The predicted molar refractivity (Wildman–Crippen MR) is 61.5 cm³/mol. The third kappa shape index (κ3) is 2.50. The van der Waals surface area contributed by atoms with E-state index in [1.165, 1.54) is 18.3 Å². The lowest BCUT2D eigenvalue weighted by Gasteiger charge is -2.26. The summed E-state index contributed by atoms with van der Waals surface area (Å²) in [5.74, 6) is -0.141. The molecule has 17 heavy (non-hydrogen) atoms. The number of hydrogen-bond donors (Lipinski definition) is 1. The Morgan fingerprint density at radius 3 is 2.47 bits per heavy atom. The highest BCUT2D eigenvalue weighted by Crippen LogP contribution is 2.25. The summed E-state index contributed by atoms with van der Waals surface area (Å²) >= 11 is 0. The third-order valence-corrected chi connectivity index (χ3v) is 2.55. The molecule has 1 N–H and O–H groups in total. The second kappa shape index (κ2) is 4.63. The molecule has 1 aromatic rings. The molecular formula is C12H14FN3O. The van der Waals surface area contributed by atoms with Crippen molar-refractivity contribution in [1.29, 1.82) is 0 Å². The van der Waals surface area contributed by atoms with E-state index in [1.807, 2.05) is 13.8 Å². The van der Waals surface area contributed by atoms with E-state index in [4.69, 9.17) is 0 Å². The number of nitrogens with zero attached hydrogens (tertiary/aromatic N) is 3. The van der Waals surface area contributed by atoms with Crippen LogP contribution in [-0.2, 0) is 0 Å². The first-order valence-corrected chi connectivity index (χ1v) is 5.44. The van der Waals surface area contributed by atoms with Gasteiger partial charge in [-0.05, 0) is 30.2 Å². The van der Waals surface area contributed by atoms with Crippen LogP contribution in [0, 0.1) is 11.7 Å². The lowest BCUT2D eigenvalue weighted by atomic mass is 10.1. The van der Waals surface area contributed by atoms with Crippen molar-refractivity contribution in [2.75, 3.05) is 0 Å². The highest BCUT2D eigenvalue weighted by molar-refractivity contribution is 5.64. The molecule has 0 fully saturated rings. The third-order valence-electron chi connectivity index (χ3n) is 2.55. The largest absolute Gasteiger partial charge is 0.287 e. The molecule has 0 aromatic heterocycles. The van der Waals surface area contributed by atoms with Gasteiger partial charge < -0.3 is 0 Å². The van der Waals surface area contributed by atoms with E-state index < -0.39 is 0 Å². The van der Waals surface area contributed by atoms with E-state index in [1.54, 1.807) is 12.1 Å². The van der Waals surface area contributed by atoms with Crippen LogP contribution in [0.1, 0.15) is 19.4 Å². The highest BCUT2D eigenvalue weighted by Gasteiger charge is 2.22. The van der Waals surface area contributed by atoms with Gasteiger partial charge in [0.2, 0.25) is 0 Å². The number of halogens is 1. The van der Waals surface area contributed by atoms with Crippen LogP contribution in [0.15, 0.2) is 40.7 Å². The summed E-state index contributed by atoms with van der Waals surface area (Å²) in [5, 5.41) is 18.9. The number of hydroxylamine groups is 2. The number of azo groups is 1. The average molecular weight is 235 g/mol. The minimum atomic E-state index is -0.362. The molecule has 1 atom stereocenters. The van der Waals surface area contributed by atoms with E-state index in [9.17, 15) is 9.60 Å². The zero-order valence-electron chi connectivity index (χ0n) is 9.71. The fourth-order valence-electron chi connectivity index (χ4n) is 1.59. The molecule has 0 bridgehead atoms. The van der Waals surface area contributed by atoms with E-state index in [0.717, 1.165) is 10.6 Å². The minimum Gasteiger partial charge on any atom is -0.287 e. The maximum atomic E-state index is 12.8. The fourth-order valence-corrected chi connectivity index (χ4v) is 1.59. The maximum Gasteiger partial charge on any atom is 0.168 e. The van der Waals surface area contributed by atoms with Gasteiger partial charge in [0.15, 0.2) is 6.17 Å². The minimum absolute atomic E-state index is 0.162. The Morgan fingerprint density at radius 1 is 1.29 bits per heavy atom. The molecule has 0 saturated carbocycles. The first-order valence-electron chi connectivity index (χ1n) is 5.44. The SMILES string of the molecule is CC(C)C1N=NC(c2ccc(F)cc2)=CN1O. The van der Waals surface area contributed by atoms with Gasteiger partial charge in [-0.15, -0.1) is 0 Å². The van der Waals surface area contributed by atoms with E-state index >= 15 is 0 Å². The average Bonchev–Trinajstić information content (AvgIpc) is 2.29. The summed E-state index contributed by atoms with van der Waals surface area (Å²) in [7, 11) is 0. The van der Waals surface area contributed by atoms with Gasteiger partial charge in [0.1, 0.15) is 11.5 Å².